The minimum Gasteiger partial charge on any atom is -0.489 e. The quantitative estimate of drug-likeness (QED) is 0.222. The molecule has 0 bridgehead atoms. The molecule has 2 N–H and O–H groups in total. The van der Waals surface area contributed by atoms with E-state index in [-0.39, 0.29) is 28.3 Å². The fourth-order valence-electron chi connectivity index (χ4n) is 5.94. The average Bonchev–Trinajstić information content (AvgIpc) is 2.92. The first-order valence-electron chi connectivity index (χ1n) is 13.6. The fraction of sp³-hybridized carbons (Fsp3) is 0.273. The van der Waals surface area contributed by atoms with Crippen molar-refractivity contribution in [3.8, 4) is 11.8 Å². The zero-order chi connectivity index (χ0) is 30.3. The molecular weight excluding hydrogens is 596 g/mol. The molecule has 0 saturated carbocycles. The number of non-ortho nitro benzene ring substituents is 1. The third kappa shape index (κ3) is 5.42. The van der Waals surface area contributed by atoms with Gasteiger partial charge in [-0.05, 0) is 78.3 Å². The first kappa shape index (κ1) is 29.1. The Kier molecular flexibility index (Phi) is 7.69. The van der Waals surface area contributed by atoms with Crippen molar-refractivity contribution < 1.29 is 14.5 Å². The average molecular weight is 628 g/mol. The molecule has 1 aliphatic carbocycles. The summed E-state index contributed by atoms with van der Waals surface area (Å²) in [6, 6.07) is 20.1. The van der Waals surface area contributed by atoms with Gasteiger partial charge in [0, 0.05) is 34.3 Å². The molecule has 2 aliphatic rings. The van der Waals surface area contributed by atoms with Crippen LogP contribution in [0.25, 0.3) is 0 Å². The van der Waals surface area contributed by atoms with Gasteiger partial charge in [-0.25, -0.2) is 0 Å². The lowest BCUT2D eigenvalue weighted by molar-refractivity contribution is -0.384. The number of halogens is 1. The van der Waals surface area contributed by atoms with Crippen LogP contribution in [0.3, 0.4) is 0 Å². The number of allylic oxidation sites excluding steroid dienone is 3. The fourth-order valence-corrected chi connectivity index (χ4v) is 6.20. The summed E-state index contributed by atoms with van der Waals surface area (Å²) in [4.78, 5) is 26.7. The van der Waals surface area contributed by atoms with Crippen LogP contribution in [-0.2, 0) is 11.4 Å². The maximum atomic E-state index is 14.0. The van der Waals surface area contributed by atoms with Gasteiger partial charge in [0.25, 0.3) is 5.69 Å². The first-order chi connectivity index (χ1) is 19.9. The van der Waals surface area contributed by atoms with E-state index in [2.05, 4.69) is 22.0 Å². The van der Waals surface area contributed by atoms with Crippen LogP contribution in [-0.4, -0.2) is 10.7 Å². The maximum Gasteiger partial charge on any atom is 0.271 e. The number of benzene rings is 3. The second-order valence-electron chi connectivity index (χ2n) is 11.6. The highest BCUT2D eigenvalue weighted by Crippen LogP contribution is 2.51. The molecule has 1 unspecified atom stereocenters. The van der Waals surface area contributed by atoms with Crippen LogP contribution < -0.4 is 15.4 Å². The summed E-state index contributed by atoms with van der Waals surface area (Å²) in [5.41, 5.74) is 11.9. The number of nitro groups is 1. The van der Waals surface area contributed by atoms with E-state index in [1.165, 1.54) is 12.1 Å². The standard InChI is InChI=1S/C33H31BrN4O4/c1-19-12-20(2)26(13-21(19)18-42-25-10-8-22(34)9-11-25)30-27(17-35)32(36)37(23-6-5-7-24(14-23)38(40)41)28-15-33(3,4)16-29(39)31(28)30/h5-14,30H,15-16,18,36H2,1-4H3. The largest absolute Gasteiger partial charge is 0.489 e. The Morgan fingerprint density at radius 1 is 1.12 bits per heavy atom. The predicted molar refractivity (Wildman–Crippen MR) is 165 cm³/mol. The van der Waals surface area contributed by atoms with Gasteiger partial charge < -0.3 is 10.5 Å². The van der Waals surface area contributed by atoms with E-state index in [0.717, 1.165) is 32.5 Å². The number of carbonyl (C=O) groups excluding carboxylic acids is 1. The zero-order valence-electron chi connectivity index (χ0n) is 23.9. The smallest absolute Gasteiger partial charge is 0.271 e. The molecule has 3 aromatic carbocycles. The number of nitrogens with zero attached hydrogens (tertiary/aromatic N) is 3. The predicted octanol–water partition coefficient (Wildman–Crippen LogP) is 7.49. The van der Waals surface area contributed by atoms with Crippen molar-refractivity contribution in [1.29, 1.82) is 5.26 Å². The number of hydrogen-bond acceptors (Lipinski definition) is 7. The van der Waals surface area contributed by atoms with E-state index < -0.39 is 10.8 Å². The van der Waals surface area contributed by atoms with E-state index in [1.54, 1.807) is 17.0 Å². The van der Waals surface area contributed by atoms with Crippen LogP contribution in [0, 0.1) is 40.7 Å². The second-order valence-corrected chi connectivity index (χ2v) is 12.6. The van der Waals surface area contributed by atoms with Gasteiger partial charge in [-0.1, -0.05) is 48.0 Å². The third-order valence-corrected chi connectivity index (χ3v) is 8.45. The Morgan fingerprint density at radius 2 is 1.83 bits per heavy atom. The van der Waals surface area contributed by atoms with Crippen LogP contribution in [0.1, 0.15) is 54.9 Å². The molecule has 8 nitrogen and oxygen atoms in total. The maximum absolute atomic E-state index is 14.0. The summed E-state index contributed by atoms with van der Waals surface area (Å²) in [5.74, 6) is 0.159. The molecule has 42 heavy (non-hydrogen) atoms. The van der Waals surface area contributed by atoms with E-state index in [9.17, 15) is 20.2 Å². The van der Waals surface area contributed by atoms with E-state index in [0.29, 0.717) is 36.4 Å². The van der Waals surface area contributed by atoms with Crippen LogP contribution in [0.2, 0.25) is 0 Å². The summed E-state index contributed by atoms with van der Waals surface area (Å²) in [6.07, 6.45) is 0.825. The minimum atomic E-state index is -0.671. The summed E-state index contributed by atoms with van der Waals surface area (Å²) >= 11 is 3.44. The van der Waals surface area contributed by atoms with Crippen molar-refractivity contribution in [2.45, 2.75) is 53.1 Å². The molecule has 0 spiro atoms. The van der Waals surface area contributed by atoms with E-state index in [1.807, 2.05) is 64.1 Å². The highest BCUT2D eigenvalue weighted by Gasteiger charge is 2.45. The second kappa shape index (κ2) is 11.1. The van der Waals surface area contributed by atoms with Crippen LogP contribution in [0.5, 0.6) is 5.75 Å². The van der Waals surface area contributed by atoms with Crippen molar-refractivity contribution in [3.63, 3.8) is 0 Å². The van der Waals surface area contributed by atoms with Crippen LogP contribution >= 0.6 is 15.9 Å². The zero-order valence-corrected chi connectivity index (χ0v) is 25.5. The molecular formula is C33H31BrN4O4. The lowest BCUT2D eigenvalue weighted by Gasteiger charge is -2.44. The van der Waals surface area contributed by atoms with Gasteiger partial charge in [-0.3, -0.25) is 19.8 Å². The number of hydrogen-bond donors (Lipinski definition) is 1. The van der Waals surface area contributed by atoms with Crippen molar-refractivity contribution in [2.75, 3.05) is 4.90 Å². The van der Waals surface area contributed by atoms with Crippen molar-refractivity contribution in [2.24, 2.45) is 11.1 Å². The number of rotatable bonds is 6. The molecule has 3 aromatic rings. The molecule has 0 radical (unpaired) electrons. The van der Waals surface area contributed by atoms with Gasteiger partial charge in [0.1, 0.15) is 18.2 Å². The van der Waals surface area contributed by atoms with Gasteiger partial charge in [-0.15, -0.1) is 0 Å². The molecule has 0 amide bonds. The Labute approximate surface area is 253 Å². The van der Waals surface area contributed by atoms with Gasteiger partial charge in [0.05, 0.1) is 28.2 Å². The number of nitro benzene ring substituents is 1. The number of ketones is 1. The normalized spacial score (nSPS) is 18.0. The molecule has 0 fully saturated rings. The van der Waals surface area contributed by atoms with Crippen molar-refractivity contribution in [3.05, 3.63) is 120 Å². The molecule has 5 rings (SSSR count). The third-order valence-electron chi connectivity index (χ3n) is 7.92. The lowest BCUT2D eigenvalue weighted by atomic mass is 9.68. The summed E-state index contributed by atoms with van der Waals surface area (Å²) < 4.78 is 7.04. The topological polar surface area (TPSA) is 122 Å². The lowest BCUT2D eigenvalue weighted by Crippen LogP contribution is -2.42. The number of carbonyl (C=O) groups is 1. The minimum absolute atomic E-state index is 0.0606. The molecule has 214 valence electrons. The Balaban J connectivity index is 1.67. The summed E-state index contributed by atoms with van der Waals surface area (Å²) in [5, 5.41) is 22.1. The number of aryl methyl sites for hydroxylation is 2. The van der Waals surface area contributed by atoms with Crippen molar-refractivity contribution >= 4 is 33.1 Å². The monoisotopic (exact) mass is 626 g/mol. The first-order valence-corrected chi connectivity index (χ1v) is 14.4. The molecule has 1 aliphatic heterocycles. The van der Waals surface area contributed by atoms with E-state index >= 15 is 0 Å². The number of ether oxygens (including phenoxy) is 1. The van der Waals surface area contributed by atoms with Crippen LogP contribution in [0.4, 0.5) is 11.4 Å². The van der Waals surface area contributed by atoms with Gasteiger partial charge >= 0.3 is 0 Å². The molecule has 1 atom stereocenters. The Morgan fingerprint density at radius 3 is 2.50 bits per heavy atom. The summed E-state index contributed by atoms with van der Waals surface area (Å²) in [6.45, 7) is 8.32. The molecule has 1 heterocycles. The summed E-state index contributed by atoms with van der Waals surface area (Å²) in [7, 11) is 0. The van der Waals surface area contributed by atoms with Crippen molar-refractivity contribution in [1.82, 2.24) is 0 Å². The highest BCUT2D eigenvalue weighted by atomic mass is 79.9. The van der Waals surface area contributed by atoms with E-state index in [4.69, 9.17) is 10.5 Å². The van der Waals surface area contributed by atoms with Crippen LogP contribution in [0.15, 0.2) is 87.8 Å². The van der Waals surface area contributed by atoms with Gasteiger partial charge in [-0.2, -0.15) is 5.26 Å². The molecule has 0 aromatic heterocycles. The number of nitriles is 1. The van der Waals surface area contributed by atoms with Gasteiger partial charge in [0.15, 0.2) is 5.78 Å². The highest BCUT2D eigenvalue weighted by molar-refractivity contribution is 9.10. The molecule has 0 saturated heterocycles. The molecule has 9 heteroatoms. The SMILES string of the molecule is Cc1cc(C)c(C2C(C#N)=C(N)N(c3cccc([N+](=O)[O-])c3)C3=C2C(=O)CC(C)(C)C3)cc1COc1ccc(Br)cc1. The number of Topliss-reactive ketones (excluding diaryl/α,β-unsaturated/α-hetero) is 1. The Hall–Kier alpha value is -4.42. The number of anilines is 1. The number of nitrogens with two attached hydrogens (primary N) is 1. The van der Waals surface area contributed by atoms with Gasteiger partial charge in [0.2, 0.25) is 0 Å². The Bertz CT molecular complexity index is 1720.